The van der Waals surface area contributed by atoms with Gasteiger partial charge in [0.2, 0.25) is 0 Å². The first-order valence-corrected chi connectivity index (χ1v) is 9.14. The van der Waals surface area contributed by atoms with Gasteiger partial charge in [0.1, 0.15) is 0 Å². The second-order valence-corrected chi connectivity index (χ2v) is 6.81. The van der Waals surface area contributed by atoms with E-state index in [4.69, 9.17) is 20.9 Å². The first-order chi connectivity index (χ1) is 12.5. The first kappa shape index (κ1) is 18.7. The maximum Gasteiger partial charge on any atom is 0.409 e. The lowest BCUT2D eigenvalue weighted by Gasteiger charge is -2.41. The van der Waals surface area contributed by atoms with Gasteiger partial charge in [0.25, 0.3) is 5.89 Å². The van der Waals surface area contributed by atoms with Crippen molar-refractivity contribution in [2.24, 2.45) is 0 Å². The van der Waals surface area contributed by atoms with Crippen LogP contribution < -0.4 is 0 Å². The van der Waals surface area contributed by atoms with Gasteiger partial charge in [0, 0.05) is 36.3 Å². The molecule has 1 aromatic heterocycles. The molecular weight excluding hydrogens is 356 g/mol. The van der Waals surface area contributed by atoms with Crippen LogP contribution in [-0.2, 0) is 4.74 Å². The minimum atomic E-state index is -0.255. The highest BCUT2D eigenvalue weighted by molar-refractivity contribution is 6.30. The molecule has 1 aliphatic rings. The van der Waals surface area contributed by atoms with E-state index in [0.29, 0.717) is 36.4 Å². The molecule has 2 aromatic rings. The van der Waals surface area contributed by atoms with E-state index < -0.39 is 0 Å². The number of halogens is 1. The highest BCUT2D eigenvalue weighted by Gasteiger charge is 2.32. The Kier molecular flexibility index (Phi) is 5.78. The van der Waals surface area contributed by atoms with E-state index in [1.54, 1.807) is 17.0 Å². The molecule has 1 aliphatic heterocycles. The number of ether oxygens (including phenoxy) is 1. The maximum absolute atomic E-state index is 11.9. The van der Waals surface area contributed by atoms with Crippen LogP contribution in [0.1, 0.15) is 32.6 Å². The summed E-state index contributed by atoms with van der Waals surface area (Å²) in [4.78, 5) is 20.5. The third-order valence-electron chi connectivity index (χ3n) is 4.59. The quantitative estimate of drug-likeness (QED) is 0.809. The number of nitrogens with zero attached hydrogens (tertiary/aromatic N) is 4. The number of carbonyl (C=O) groups excluding carboxylic acids is 1. The molecule has 2 heterocycles. The van der Waals surface area contributed by atoms with Crippen molar-refractivity contribution in [2.75, 3.05) is 26.2 Å². The zero-order valence-corrected chi connectivity index (χ0v) is 15.9. The molecule has 7 nitrogen and oxygen atoms in total. The van der Waals surface area contributed by atoms with E-state index in [1.165, 1.54) is 0 Å². The average molecular weight is 379 g/mol. The predicted molar refractivity (Wildman–Crippen MR) is 97.9 cm³/mol. The van der Waals surface area contributed by atoms with Crippen molar-refractivity contribution >= 4 is 17.7 Å². The summed E-state index contributed by atoms with van der Waals surface area (Å²) in [6.07, 6.45) is -0.255. The molecule has 1 unspecified atom stereocenters. The number of piperazine rings is 1. The fourth-order valence-electron chi connectivity index (χ4n) is 3.22. The van der Waals surface area contributed by atoms with Crippen molar-refractivity contribution < 1.29 is 14.1 Å². The normalized spacial score (nSPS) is 19.4. The molecule has 0 aliphatic carbocycles. The smallest absolute Gasteiger partial charge is 0.409 e. The average Bonchev–Trinajstić information content (AvgIpc) is 3.11. The van der Waals surface area contributed by atoms with Gasteiger partial charge in [-0.15, -0.1) is 0 Å². The van der Waals surface area contributed by atoms with Gasteiger partial charge in [-0.3, -0.25) is 4.90 Å². The fraction of sp³-hybridized carbons (Fsp3) is 0.500. The lowest BCUT2D eigenvalue weighted by molar-refractivity contribution is 0.0382. The van der Waals surface area contributed by atoms with Gasteiger partial charge in [-0.1, -0.05) is 22.8 Å². The predicted octanol–water partition coefficient (Wildman–Crippen LogP) is 3.61. The summed E-state index contributed by atoms with van der Waals surface area (Å²) in [7, 11) is 0. The van der Waals surface area contributed by atoms with Crippen LogP contribution in [0.2, 0.25) is 5.02 Å². The summed E-state index contributed by atoms with van der Waals surface area (Å²) < 4.78 is 10.5. The molecule has 1 aromatic carbocycles. The number of aromatic nitrogens is 2. The Morgan fingerprint density at radius 3 is 2.96 bits per heavy atom. The lowest BCUT2D eigenvalue weighted by atomic mass is 10.1. The third kappa shape index (κ3) is 3.99. The molecule has 0 bridgehead atoms. The van der Waals surface area contributed by atoms with Crippen LogP contribution in [0.4, 0.5) is 4.79 Å². The van der Waals surface area contributed by atoms with Gasteiger partial charge in [-0.25, -0.2) is 4.79 Å². The summed E-state index contributed by atoms with van der Waals surface area (Å²) in [6.45, 7) is 8.28. The number of carbonyl (C=O) groups is 1. The van der Waals surface area contributed by atoms with Crippen molar-refractivity contribution in [1.82, 2.24) is 19.9 Å². The molecule has 26 heavy (non-hydrogen) atoms. The Morgan fingerprint density at radius 2 is 2.27 bits per heavy atom. The van der Waals surface area contributed by atoms with Crippen LogP contribution in [0.15, 0.2) is 28.8 Å². The van der Waals surface area contributed by atoms with E-state index >= 15 is 0 Å². The van der Waals surface area contributed by atoms with Gasteiger partial charge >= 0.3 is 6.09 Å². The second kappa shape index (κ2) is 8.05. The van der Waals surface area contributed by atoms with Gasteiger partial charge in [0.15, 0.2) is 5.82 Å². The van der Waals surface area contributed by atoms with Crippen LogP contribution in [0.25, 0.3) is 11.5 Å². The highest BCUT2D eigenvalue weighted by Crippen LogP contribution is 2.26. The minimum Gasteiger partial charge on any atom is -0.450 e. The molecule has 8 heteroatoms. The van der Waals surface area contributed by atoms with E-state index in [9.17, 15) is 4.79 Å². The summed E-state index contributed by atoms with van der Waals surface area (Å²) >= 11 is 6.03. The number of hydrogen-bond acceptors (Lipinski definition) is 6. The second-order valence-electron chi connectivity index (χ2n) is 6.38. The molecule has 0 saturated carbocycles. The Balaban J connectivity index is 1.68. The SMILES string of the molecule is CCOC(=O)N1CCN(C(C)c2noc(-c3cccc(Cl)c3)n2)[C@H](C)C1. The molecule has 2 atom stereocenters. The summed E-state index contributed by atoms with van der Waals surface area (Å²) in [5.41, 5.74) is 0.795. The van der Waals surface area contributed by atoms with Gasteiger partial charge in [0.05, 0.1) is 12.6 Å². The maximum atomic E-state index is 11.9. The molecule has 3 rings (SSSR count). The molecule has 0 radical (unpaired) electrons. The van der Waals surface area contributed by atoms with E-state index in [1.807, 2.05) is 26.0 Å². The minimum absolute atomic E-state index is 0.0222. The van der Waals surface area contributed by atoms with Gasteiger partial charge < -0.3 is 14.2 Å². The summed E-state index contributed by atoms with van der Waals surface area (Å²) in [5.74, 6) is 1.07. The standard InChI is InChI=1S/C18H23ClN4O3/c1-4-25-18(24)22-8-9-23(12(2)11-22)13(3)16-20-17(26-21-16)14-6-5-7-15(19)10-14/h5-7,10,12-13H,4,8-9,11H2,1-3H3/t12-,13?/m1/s1. The van der Waals surface area contributed by atoms with Gasteiger partial charge in [-0.05, 0) is 39.0 Å². The monoisotopic (exact) mass is 378 g/mol. The van der Waals surface area contributed by atoms with Crippen LogP contribution in [0.5, 0.6) is 0 Å². The lowest BCUT2D eigenvalue weighted by Crippen LogP contribution is -2.54. The zero-order valence-electron chi connectivity index (χ0n) is 15.2. The Bertz CT molecular complexity index is 766. The third-order valence-corrected chi connectivity index (χ3v) is 4.82. The summed E-state index contributed by atoms with van der Waals surface area (Å²) in [6, 6.07) is 7.47. The molecule has 140 valence electrons. The van der Waals surface area contributed by atoms with Crippen molar-refractivity contribution in [1.29, 1.82) is 0 Å². The summed E-state index contributed by atoms with van der Waals surface area (Å²) in [5, 5.41) is 4.76. The number of rotatable bonds is 4. The van der Waals surface area contributed by atoms with Crippen molar-refractivity contribution in [2.45, 2.75) is 32.9 Å². The van der Waals surface area contributed by atoms with Crippen molar-refractivity contribution in [3.05, 3.63) is 35.1 Å². The first-order valence-electron chi connectivity index (χ1n) is 8.76. The van der Waals surface area contributed by atoms with E-state index in [-0.39, 0.29) is 18.2 Å². The van der Waals surface area contributed by atoms with Crippen LogP contribution >= 0.6 is 11.6 Å². The topological polar surface area (TPSA) is 71.7 Å². The Labute approximate surface area is 157 Å². The Morgan fingerprint density at radius 1 is 1.46 bits per heavy atom. The molecular formula is C18H23ClN4O3. The number of amides is 1. The fourth-order valence-corrected chi connectivity index (χ4v) is 3.41. The molecule has 1 saturated heterocycles. The number of hydrogen-bond donors (Lipinski definition) is 0. The molecule has 0 spiro atoms. The van der Waals surface area contributed by atoms with Gasteiger partial charge in [-0.2, -0.15) is 4.98 Å². The van der Waals surface area contributed by atoms with Crippen LogP contribution in [0, 0.1) is 0 Å². The molecule has 0 N–H and O–H groups in total. The highest BCUT2D eigenvalue weighted by atomic mass is 35.5. The molecule has 1 amide bonds. The van der Waals surface area contributed by atoms with E-state index in [0.717, 1.165) is 12.1 Å². The van der Waals surface area contributed by atoms with Crippen molar-refractivity contribution in [3.63, 3.8) is 0 Å². The largest absolute Gasteiger partial charge is 0.450 e. The van der Waals surface area contributed by atoms with Crippen LogP contribution in [0.3, 0.4) is 0 Å². The van der Waals surface area contributed by atoms with E-state index in [2.05, 4.69) is 22.0 Å². The number of benzene rings is 1. The van der Waals surface area contributed by atoms with Crippen LogP contribution in [-0.4, -0.2) is 58.3 Å². The zero-order chi connectivity index (χ0) is 18.7. The Hall–Kier alpha value is -2.12. The van der Waals surface area contributed by atoms with Crippen molar-refractivity contribution in [3.8, 4) is 11.5 Å². The molecule has 1 fully saturated rings.